The molecule has 0 N–H and O–H groups in total. The molecule has 0 radical (unpaired) electrons. The summed E-state index contributed by atoms with van der Waals surface area (Å²) in [5.74, 6) is -0.801. The van der Waals surface area contributed by atoms with Gasteiger partial charge in [-0.25, -0.2) is 8.78 Å². The summed E-state index contributed by atoms with van der Waals surface area (Å²) >= 11 is 0. The SMILES string of the molecule is CCCCCC1CCC(/C=C/C2CCC(C(=O)Oc3cc(F)c(C#N)c(F)c3)CC2)CC1. The lowest BCUT2D eigenvalue weighted by atomic mass is 9.78. The number of ether oxygens (including phenoxy) is 1. The van der Waals surface area contributed by atoms with Gasteiger partial charge in [-0.1, -0.05) is 44.8 Å². The van der Waals surface area contributed by atoms with E-state index in [2.05, 4.69) is 19.1 Å². The molecular formula is C27H35F2NO2. The monoisotopic (exact) mass is 443 g/mol. The second-order valence-electron chi connectivity index (χ2n) is 9.57. The molecule has 32 heavy (non-hydrogen) atoms. The Morgan fingerprint density at radius 3 is 2.09 bits per heavy atom. The topological polar surface area (TPSA) is 50.1 Å². The zero-order valence-corrected chi connectivity index (χ0v) is 19.1. The van der Waals surface area contributed by atoms with Crippen molar-refractivity contribution in [2.45, 2.75) is 84.0 Å². The number of unbranched alkanes of at least 4 members (excludes halogenated alkanes) is 2. The molecule has 2 aliphatic rings. The minimum Gasteiger partial charge on any atom is -0.426 e. The first-order valence-electron chi connectivity index (χ1n) is 12.3. The maximum atomic E-state index is 13.7. The van der Waals surface area contributed by atoms with E-state index in [4.69, 9.17) is 10.00 Å². The van der Waals surface area contributed by atoms with Crippen molar-refractivity contribution in [1.82, 2.24) is 0 Å². The summed E-state index contributed by atoms with van der Waals surface area (Å²) in [4.78, 5) is 12.4. The number of hydrogen-bond acceptors (Lipinski definition) is 3. The van der Waals surface area contributed by atoms with Crippen LogP contribution in [0.1, 0.15) is 89.5 Å². The van der Waals surface area contributed by atoms with Gasteiger partial charge in [0.05, 0.1) is 5.92 Å². The summed E-state index contributed by atoms with van der Waals surface area (Å²) in [6, 6.07) is 3.25. The normalized spacial score (nSPS) is 26.1. The number of halogens is 2. The van der Waals surface area contributed by atoms with Crippen molar-refractivity contribution in [3.8, 4) is 11.8 Å². The van der Waals surface area contributed by atoms with E-state index < -0.39 is 23.2 Å². The number of esters is 1. The zero-order valence-electron chi connectivity index (χ0n) is 19.1. The molecule has 5 heteroatoms. The van der Waals surface area contributed by atoms with Crippen LogP contribution in [0.15, 0.2) is 24.3 Å². The molecule has 0 heterocycles. The van der Waals surface area contributed by atoms with Crippen LogP contribution in [-0.2, 0) is 4.79 Å². The second kappa shape index (κ2) is 12.1. The Morgan fingerprint density at radius 2 is 1.56 bits per heavy atom. The Labute approximate surface area is 190 Å². The van der Waals surface area contributed by atoms with Crippen molar-refractivity contribution in [3.05, 3.63) is 41.5 Å². The lowest BCUT2D eigenvalue weighted by Crippen LogP contribution is -2.25. The number of allylic oxidation sites excluding steroid dienone is 2. The van der Waals surface area contributed by atoms with E-state index in [1.807, 2.05) is 0 Å². The highest BCUT2D eigenvalue weighted by atomic mass is 19.1. The predicted octanol–water partition coefficient (Wildman–Crippen LogP) is 7.49. The molecule has 2 fully saturated rings. The maximum Gasteiger partial charge on any atom is 0.314 e. The average molecular weight is 444 g/mol. The molecule has 0 aromatic heterocycles. The quantitative estimate of drug-likeness (QED) is 0.181. The van der Waals surface area contributed by atoms with Crippen LogP contribution in [0, 0.1) is 46.6 Å². The van der Waals surface area contributed by atoms with E-state index >= 15 is 0 Å². The molecule has 2 aliphatic carbocycles. The minimum atomic E-state index is -1.01. The number of hydrogen-bond donors (Lipinski definition) is 0. The highest BCUT2D eigenvalue weighted by Crippen LogP contribution is 2.35. The van der Waals surface area contributed by atoms with E-state index in [0.29, 0.717) is 11.8 Å². The highest BCUT2D eigenvalue weighted by molar-refractivity contribution is 5.75. The Hall–Kier alpha value is -2.22. The van der Waals surface area contributed by atoms with E-state index in [0.717, 1.165) is 43.7 Å². The number of nitriles is 1. The fourth-order valence-corrected chi connectivity index (χ4v) is 5.13. The van der Waals surface area contributed by atoms with Gasteiger partial charge in [0.15, 0.2) is 0 Å². The Morgan fingerprint density at radius 1 is 1.00 bits per heavy atom. The molecule has 0 atom stereocenters. The standard InChI is InChI=1S/C27H35F2NO2/c1-2-3-4-5-19-6-8-20(9-7-19)10-11-21-12-14-22(15-13-21)27(31)32-23-16-25(28)24(18-30)26(29)17-23/h10-11,16-17,19-22H,2-9,12-15H2,1H3/b11-10+. The van der Waals surface area contributed by atoms with Gasteiger partial charge in [-0.3, -0.25) is 4.79 Å². The van der Waals surface area contributed by atoms with E-state index in [1.54, 1.807) is 0 Å². The molecule has 3 rings (SSSR count). The van der Waals surface area contributed by atoms with Gasteiger partial charge in [0.1, 0.15) is 29.0 Å². The van der Waals surface area contributed by atoms with Crippen molar-refractivity contribution >= 4 is 5.97 Å². The lowest BCUT2D eigenvalue weighted by molar-refractivity contribution is -0.140. The van der Waals surface area contributed by atoms with Gasteiger partial charge in [-0.05, 0) is 69.1 Å². The summed E-state index contributed by atoms with van der Waals surface area (Å²) in [5, 5.41) is 8.74. The first-order chi connectivity index (χ1) is 15.5. The van der Waals surface area contributed by atoms with E-state index in [-0.39, 0.29) is 11.7 Å². The summed E-state index contributed by atoms with van der Waals surface area (Å²) in [7, 11) is 0. The fraction of sp³-hybridized carbons (Fsp3) is 0.630. The molecule has 1 aromatic rings. The van der Waals surface area contributed by atoms with E-state index in [9.17, 15) is 13.6 Å². The molecule has 174 valence electrons. The maximum absolute atomic E-state index is 13.7. The summed E-state index contributed by atoms with van der Waals surface area (Å²) < 4.78 is 32.7. The molecule has 1 aromatic carbocycles. The summed E-state index contributed by atoms with van der Waals surface area (Å²) in [5.41, 5.74) is -0.665. The molecule has 0 saturated heterocycles. The number of carbonyl (C=O) groups is 1. The third kappa shape index (κ3) is 6.89. The Kier molecular flexibility index (Phi) is 9.26. The summed E-state index contributed by atoms with van der Waals surface area (Å²) in [6.45, 7) is 2.26. The van der Waals surface area contributed by atoms with Gasteiger partial charge in [0.25, 0.3) is 0 Å². The molecule has 0 aliphatic heterocycles. The van der Waals surface area contributed by atoms with Crippen LogP contribution in [0.3, 0.4) is 0 Å². The van der Waals surface area contributed by atoms with Crippen molar-refractivity contribution < 1.29 is 18.3 Å². The van der Waals surface area contributed by atoms with Gasteiger partial charge in [-0.2, -0.15) is 5.26 Å². The average Bonchev–Trinajstić information content (AvgIpc) is 2.79. The number of rotatable bonds is 8. The van der Waals surface area contributed by atoms with Crippen LogP contribution >= 0.6 is 0 Å². The lowest BCUT2D eigenvalue weighted by Gasteiger charge is -2.28. The number of benzene rings is 1. The predicted molar refractivity (Wildman–Crippen MR) is 121 cm³/mol. The molecule has 3 nitrogen and oxygen atoms in total. The van der Waals surface area contributed by atoms with Gasteiger partial charge in [0.2, 0.25) is 0 Å². The smallest absolute Gasteiger partial charge is 0.314 e. The molecule has 0 unspecified atom stereocenters. The van der Waals surface area contributed by atoms with Crippen LogP contribution in [-0.4, -0.2) is 5.97 Å². The molecular weight excluding hydrogens is 408 g/mol. The van der Waals surface area contributed by atoms with Gasteiger partial charge >= 0.3 is 5.97 Å². The van der Waals surface area contributed by atoms with Gasteiger partial charge in [0, 0.05) is 12.1 Å². The summed E-state index contributed by atoms with van der Waals surface area (Å²) in [6.07, 6.45) is 18.8. The first-order valence-corrected chi connectivity index (χ1v) is 12.3. The molecule has 0 amide bonds. The van der Waals surface area contributed by atoms with Crippen molar-refractivity contribution in [2.24, 2.45) is 23.7 Å². The van der Waals surface area contributed by atoms with Crippen LogP contribution in [0.2, 0.25) is 0 Å². The van der Waals surface area contributed by atoms with Gasteiger partial charge in [-0.15, -0.1) is 0 Å². The van der Waals surface area contributed by atoms with E-state index in [1.165, 1.54) is 57.4 Å². The third-order valence-electron chi connectivity index (χ3n) is 7.21. The third-order valence-corrected chi connectivity index (χ3v) is 7.21. The number of carbonyl (C=O) groups excluding carboxylic acids is 1. The van der Waals surface area contributed by atoms with Gasteiger partial charge < -0.3 is 4.74 Å². The van der Waals surface area contributed by atoms with Crippen molar-refractivity contribution in [3.63, 3.8) is 0 Å². The molecule has 0 spiro atoms. The zero-order chi connectivity index (χ0) is 22.9. The first kappa shape index (κ1) is 24.4. The Balaban J connectivity index is 1.40. The van der Waals surface area contributed by atoms with Crippen LogP contribution < -0.4 is 4.74 Å². The Bertz CT molecular complexity index is 806. The largest absolute Gasteiger partial charge is 0.426 e. The van der Waals surface area contributed by atoms with Crippen LogP contribution in [0.5, 0.6) is 5.75 Å². The van der Waals surface area contributed by atoms with Crippen molar-refractivity contribution in [2.75, 3.05) is 0 Å². The minimum absolute atomic E-state index is 0.184. The van der Waals surface area contributed by atoms with Crippen LogP contribution in [0.4, 0.5) is 8.78 Å². The van der Waals surface area contributed by atoms with Crippen molar-refractivity contribution in [1.29, 1.82) is 5.26 Å². The van der Waals surface area contributed by atoms with Crippen LogP contribution in [0.25, 0.3) is 0 Å². The molecule has 0 bridgehead atoms. The highest BCUT2D eigenvalue weighted by Gasteiger charge is 2.28. The second-order valence-corrected chi connectivity index (χ2v) is 9.57. The fourth-order valence-electron chi connectivity index (χ4n) is 5.13. The number of nitrogens with zero attached hydrogens (tertiary/aromatic N) is 1. The molecule has 2 saturated carbocycles.